The van der Waals surface area contributed by atoms with E-state index in [4.69, 9.17) is 0 Å². The molecule has 1 aromatic rings. The van der Waals surface area contributed by atoms with Gasteiger partial charge >= 0.3 is 0 Å². The number of carbonyl (C=O) groups excluding carboxylic acids is 1. The van der Waals surface area contributed by atoms with E-state index in [1.54, 1.807) is 12.2 Å². The summed E-state index contributed by atoms with van der Waals surface area (Å²) in [6.07, 6.45) is 7.22. The maximum absolute atomic E-state index is 13.2. The molecule has 132 valence electrons. The quantitative estimate of drug-likeness (QED) is 0.418. The van der Waals surface area contributed by atoms with E-state index in [0.29, 0.717) is 18.2 Å². The van der Waals surface area contributed by atoms with E-state index in [1.807, 2.05) is 0 Å². The smallest absolute Gasteiger partial charge is 0.269 e. The molecule has 1 atom stereocenters. The predicted octanol–water partition coefficient (Wildman–Crippen LogP) is 2.58. The Hall–Kier alpha value is -1.84. The lowest BCUT2D eigenvalue weighted by Crippen LogP contribution is -2.49. The van der Waals surface area contributed by atoms with Gasteiger partial charge in [-0.3, -0.25) is 14.9 Å². The van der Waals surface area contributed by atoms with E-state index in [9.17, 15) is 23.3 Å². The molecule has 1 fully saturated rings. The van der Waals surface area contributed by atoms with Crippen LogP contribution in [0.15, 0.2) is 53.5 Å². The van der Waals surface area contributed by atoms with Crippen molar-refractivity contribution in [2.24, 2.45) is 0 Å². The van der Waals surface area contributed by atoms with Crippen LogP contribution in [0.4, 0.5) is 5.69 Å². The number of non-ortho nitro benzene ring substituents is 1. The Kier molecular flexibility index (Phi) is 4.65. The average Bonchev–Trinajstić information content (AvgIpc) is 2.97. The number of carbonyl (C=O) groups is 1. The van der Waals surface area contributed by atoms with Crippen molar-refractivity contribution in [3.05, 3.63) is 58.7 Å². The van der Waals surface area contributed by atoms with Crippen molar-refractivity contribution in [1.29, 1.82) is 0 Å². The van der Waals surface area contributed by atoms with Gasteiger partial charge in [-0.2, -0.15) is 4.31 Å². The molecule has 0 unspecified atom stereocenters. The largest absolute Gasteiger partial charge is 0.290 e. The monoisotopic (exact) mass is 426 g/mol. The first-order chi connectivity index (χ1) is 11.8. The van der Waals surface area contributed by atoms with Gasteiger partial charge in [0.15, 0.2) is 5.78 Å². The molecule has 0 bridgehead atoms. The van der Waals surface area contributed by atoms with Crippen molar-refractivity contribution < 1.29 is 18.1 Å². The minimum absolute atomic E-state index is 0.0102. The van der Waals surface area contributed by atoms with Crippen LogP contribution in [-0.4, -0.2) is 40.3 Å². The highest BCUT2D eigenvalue weighted by atomic mass is 79.9. The standard InChI is InChI=1S/C16H15BrN2O5S/c17-11-13-5-8-16(9-6-14(20)7-10-16)18(13)25(23,24)15-3-1-12(2-4-15)19(21)22/h1-4,6-7,9-10,13H,5,8,11H2/t13-/m1/s1. The molecule has 0 saturated carbocycles. The Morgan fingerprint density at radius 1 is 1.24 bits per heavy atom. The lowest BCUT2D eigenvalue weighted by atomic mass is 9.92. The fourth-order valence-electron chi connectivity index (χ4n) is 3.26. The van der Waals surface area contributed by atoms with Gasteiger partial charge in [0.1, 0.15) is 0 Å². The molecule has 0 radical (unpaired) electrons. The summed E-state index contributed by atoms with van der Waals surface area (Å²) in [7, 11) is -3.90. The summed E-state index contributed by atoms with van der Waals surface area (Å²) in [5.41, 5.74) is -1.05. The molecule has 1 spiro atoms. The number of allylic oxidation sites excluding steroid dienone is 2. The maximum atomic E-state index is 13.2. The highest BCUT2D eigenvalue weighted by Gasteiger charge is 2.50. The van der Waals surface area contributed by atoms with E-state index >= 15 is 0 Å². The Labute approximate surface area is 153 Å². The first kappa shape index (κ1) is 18.0. The second-order valence-corrected chi connectivity index (χ2v) is 8.42. The lowest BCUT2D eigenvalue weighted by Gasteiger charge is -2.36. The molecule has 1 saturated heterocycles. The number of alkyl halides is 1. The third-order valence-electron chi connectivity index (χ3n) is 4.47. The first-order valence-corrected chi connectivity index (χ1v) is 10.1. The zero-order valence-electron chi connectivity index (χ0n) is 13.0. The average molecular weight is 427 g/mol. The molecule has 1 aliphatic carbocycles. The number of sulfonamides is 1. The second-order valence-electron chi connectivity index (χ2n) is 5.96. The van der Waals surface area contributed by atoms with E-state index < -0.39 is 20.5 Å². The number of nitro groups is 1. The van der Waals surface area contributed by atoms with Crippen LogP contribution < -0.4 is 0 Å². The minimum Gasteiger partial charge on any atom is -0.290 e. The van der Waals surface area contributed by atoms with E-state index in [1.165, 1.54) is 40.7 Å². The molecule has 2 aliphatic rings. The van der Waals surface area contributed by atoms with Gasteiger partial charge in [-0.05, 0) is 37.1 Å². The Morgan fingerprint density at radius 3 is 2.36 bits per heavy atom. The zero-order chi connectivity index (χ0) is 18.2. The summed E-state index contributed by atoms with van der Waals surface area (Å²) in [6.45, 7) is 0. The highest BCUT2D eigenvalue weighted by Crippen LogP contribution is 2.42. The number of hydrogen-bond donors (Lipinski definition) is 0. The molecule has 1 aromatic carbocycles. The van der Waals surface area contributed by atoms with Crippen LogP contribution in [0.25, 0.3) is 0 Å². The van der Waals surface area contributed by atoms with Gasteiger partial charge in [0.2, 0.25) is 10.0 Å². The Balaban J connectivity index is 2.06. The molecule has 9 heteroatoms. The van der Waals surface area contributed by atoms with E-state index in [-0.39, 0.29) is 22.4 Å². The summed E-state index contributed by atoms with van der Waals surface area (Å²) in [6, 6.07) is 4.56. The third-order valence-corrected chi connectivity index (χ3v) is 7.25. The second kappa shape index (κ2) is 6.47. The minimum atomic E-state index is -3.90. The van der Waals surface area contributed by atoms with Crippen LogP contribution in [0, 0.1) is 10.1 Å². The van der Waals surface area contributed by atoms with E-state index in [0.717, 1.165) is 0 Å². The molecule has 1 heterocycles. The Morgan fingerprint density at radius 2 is 1.84 bits per heavy atom. The van der Waals surface area contributed by atoms with Crippen LogP contribution >= 0.6 is 15.9 Å². The van der Waals surface area contributed by atoms with Gasteiger partial charge in [0.05, 0.1) is 15.4 Å². The summed E-state index contributed by atoms with van der Waals surface area (Å²) >= 11 is 3.36. The van der Waals surface area contributed by atoms with Crippen LogP contribution in [-0.2, 0) is 14.8 Å². The SMILES string of the molecule is O=C1C=CC2(C=C1)CC[C@H](CBr)N2S(=O)(=O)c1ccc([N+](=O)[O-])cc1. The number of ketones is 1. The number of rotatable bonds is 4. The van der Waals surface area contributed by atoms with Crippen LogP contribution in [0.1, 0.15) is 12.8 Å². The van der Waals surface area contributed by atoms with Crippen LogP contribution in [0.2, 0.25) is 0 Å². The van der Waals surface area contributed by atoms with Crippen LogP contribution in [0.3, 0.4) is 0 Å². The summed E-state index contributed by atoms with van der Waals surface area (Å²) in [5, 5.41) is 11.2. The fraction of sp³-hybridized carbons (Fsp3) is 0.312. The first-order valence-electron chi connectivity index (χ1n) is 7.57. The molecule has 1 aliphatic heterocycles. The van der Waals surface area contributed by atoms with Crippen molar-refractivity contribution in [2.45, 2.75) is 29.3 Å². The summed E-state index contributed by atoms with van der Waals surface area (Å²) < 4.78 is 27.8. The topological polar surface area (TPSA) is 97.6 Å². The number of halogens is 1. The molecule has 0 amide bonds. The zero-order valence-corrected chi connectivity index (χ0v) is 15.4. The van der Waals surface area contributed by atoms with Gasteiger partial charge in [0.25, 0.3) is 5.69 Å². The highest BCUT2D eigenvalue weighted by molar-refractivity contribution is 9.09. The van der Waals surface area contributed by atoms with Gasteiger partial charge in [0, 0.05) is 23.5 Å². The van der Waals surface area contributed by atoms with Gasteiger partial charge in [-0.15, -0.1) is 0 Å². The molecule has 7 nitrogen and oxygen atoms in total. The van der Waals surface area contributed by atoms with Crippen molar-refractivity contribution in [1.82, 2.24) is 4.31 Å². The van der Waals surface area contributed by atoms with Crippen molar-refractivity contribution >= 4 is 37.4 Å². The number of nitrogens with zero attached hydrogens (tertiary/aromatic N) is 2. The fourth-order valence-corrected chi connectivity index (χ4v) is 6.00. The van der Waals surface area contributed by atoms with E-state index in [2.05, 4.69) is 15.9 Å². The van der Waals surface area contributed by atoms with Gasteiger partial charge in [-0.25, -0.2) is 8.42 Å². The van der Waals surface area contributed by atoms with Crippen molar-refractivity contribution in [3.63, 3.8) is 0 Å². The molecule has 3 rings (SSSR count). The number of hydrogen-bond acceptors (Lipinski definition) is 5. The molecule has 0 aromatic heterocycles. The number of benzene rings is 1. The van der Waals surface area contributed by atoms with Crippen molar-refractivity contribution in [3.8, 4) is 0 Å². The molecule has 25 heavy (non-hydrogen) atoms. The maximum Gasteiger partial charge on any atom is 0.269 e. The third kappa shape index (κ3) is 3.07. The summed E-state index contributed by atoms with van der Waals surface area (Å²) in [4.78, 5) is 21.7. The van der Waals surface area contributed by atoms with Gasteiger partial charge in [-0.1, -0.05) is 28.1 Å². The predicted molar refractivity (Wildman–Crippen MR) is 95.0 cm³/mol. The lowest BCUT2D eigenvalue weighted by molar-refractivity contribution is -0.384. The molecule has 0 N–H and O–H groups in total. The van der Waals surface area contributed by atoms with Crippen LogP contribution in [0.5, 0.6) is 0 Å². The normalized spacial score (nSPS) is 22.6. The molecular weight excluding hydrogens is 412 g/mol. The summed E-state index contributed by atoms with van der Waals surface area (Å²) in [5.74, 6) is -0.180. The molecular formula is C16H15BrN2O5S. The van der Waals surface area contributed by atoms with Gasteiger partial charge < -0.3 is 0 Å². The van der Waals surface area contributed by atoms with Crippen molar-refractivity contribution in [2.75, 3.05) is 5.33 Å². The Bertz CT molecular complexity index is 860. The number of nitro benzene ring substituents is 1.